The van der Waals surface area contributed by atoms with Crippen molar-refractivity contribution in [2.45, 2.75) is 46.1 Å². The van der Waals surface area contributed by atoms with E-state index in [1.165, 1.54) is 6.42 Å². The summed E-state index contributed by atoms with van der Waals surface area (Å²) in [4.78, 5) is 0. The largest absolute Gasteiger partial charge is 0.289 e. The molecule has 0 aliphatic heterocycles. The molecule has 3 atom stereocenters. The third-order valence-corrected chi connectivity index (χ3v) is 5.03. The van der Waals surface area contributed by atoms with E-state index in [1.807, 2.05) is 0 Å². The van der Waals surface area contributed by atoms with E-state index in [0.717, 1.165) is 12.8 Å². The van der Waals surface area contributed by atoms with Crippen LogP contribution in [-0.4, -0.2) is 21.7 Å². The molecular formula is C10H19NO2. The average molecular weight is 185 g/mol. The lowest BCUT2D eigenvalue weighted by atomic mass is 9.69. The van der Waals surface area contributed by atoms with Crippen LogP contribution in [-0.2, 0) is 0 Å². The maximum atomic E-state index is 9.16. The Balaban J connectivity index is 2.33. The minimum atomic E-state index is -0.0683. The topological polar surface area (TPSA) is 43.7 Å². The Kier molecular flexibility index (Phi) is 1.79. The summed E-state index contributed by atoms with van der Waals surface area (Å²) in [5.74, 6) is 0.657. The van der Waals surface area contributed by atoms with Crippen LogP contribution in [0.1, 0.15) is 40.0 Å². The number of hydroxylamine groups is 2. The summed E-state index contributed by atoms with van der Waals surface area (Å²) in [5.41, 5.74) is 0.322. The standard InChI is InChI=1S/C10H19NO2/c1-9(2)7-4-5-10(9,3)8(6-7)11(12)13/h7-8,12-13H,4-6H2,1-3H3. The first-order valence-electron chi connectivity index (χ1n) is 5.06. The van der Waals surface area contributed by atoms with E-state index in [4.69, 9.17) is 10.4 Å². The zero-order valence-corrected chi connectivity index (χ0v) is 8.62. The number of rotatable bonds is 1. The van der Waals surface area contributed by atoms with Crippen LogP contribution in [0, 0.1) is 16.7 Å². The zero-order valence-electron chi connectivity index (χ0n) is 8.62. The van der Waals surface area contributed by atoms with E-state index in [2.05, 4.69) is 20.8 Å². The molecule has 2 N–H and O–H groups in total. The predicted molar refractivity (Wildman–Crippen MR) is 48.4 cm³/mol. The second-order valence-corrected chi connectivity index (χ2v) is 5.45. The van der Waals surface area contributed by atoms with Gasteiger partial charge in [-0.1, -0.05) is 26.0 Å². The number of fused-ring (bicyclic) bond motifs is 2. The fourth-order valence-corrected chi connectivity index (χ4v) is 3.51. The van der Waals surface area contributed by atoms with Crippen molar-refractivity contribution in [1.82, 2.24) is 5.23 Å². The van der Waals surface area contributed by atoms with Gasteiger partial charge in [-0.25, -0.2) is 0 Å². The highest BCUT2D eigenvalue weighted by molar-refractivity contribution is 5.11. The summed E-state index contributed by atoms with van der Waals surface area (Å²) >= 11 is 0. The molecule has 2 fully saturated rings. The molecular weight excluding hydrogens is 166 g/mol. The van der Waals surface area contributed by atoms with E-state index in [0.29, 0.717) is 11.1 Å². The second kappa shape index (κ2) is 2.47. The van der Waals surface area contributed by atoms with Crippen molar-refractivity contribution >= 4 is 0 Å². The van der Waals surface area contributed by atoms with Gasteiger partial charge in [0.2, 0.25) is 0 Å². The quantitative estimate of drug-likeness (QED) is 0.616. The fraction of sp³-hybridized carbons (Fsp3) is 1.00. The molecule has 3 heteroatoms. The van der Waals surface area contributed by atoms with Crippen LogP contribution in [0.25, 0.3) is 0 Å². The van der Waals surface area contributed by atoms with E-state index >= 15 is 0 Å². The number of hydrogen-bond donors (Lipinski definition) is 2. The molecule has 3 nitrogen and oxygen atoms in total. The van der Waals surface area contributed by atoms with Gasteiger partial charge < -0.3 is 0 Å². The van der Waals surface area contributed by atoms with Gasteiger partial charge in [0.25, 0.3) is 0 Å². The van der Waals surface area contributed by atoms with Crippen molar-refractivity contribution in [2.24, 2.45) is 16.7 Å². The Bertz CT molecular complexity index is 227. The summed E-state index contributed by atoms with van der Waals surface area (Å²) in [5, 5.41) is 18.8. The molecule has 0 aromatic carbocycles. The molecule has 76 valence electrons. The maximum Gasteiger partial charge on any atom is 0.0685 e. The fourth-order valence-electron chi connectivity index (χ4n) is 3.51. The lowest BCUT2D eigenvalue weighted by Gasteiger charge is -2.39. The van der Waals surface area contributed by atoms with E-state index in [1.54, 1.807) is 0 Å². The van der Waals surface area contributed by atoms with Crippen LogP contribution in [0.2, 0.25) is 0 Å². The summed E-state index contributed by atoms with van der Waals surface area (Å²) in [7, 11) is 0. The van der Waals surface area contributed by atoms with Gasteiger partial charge in [-0.05, 0) is 36.0 Å². The smallest absolute Gasteiger partial charge is 0.0685 e. The first-order chi connectivity index (χ1) is 5.89. The number of nitrogens with zero attached hydrogens (tertiary/aromatic N) is 1. The van der Waals surface area contributed by atoms with Crippen LogP contribution in [0.3, 0.4) is 0 Å². The minimum Gasteiger partial charge on any atom is -0.289 e. The van der Waals surface area contributed by atoms with Gasteiger partial charge in [-0.2, -0.15) is 0 Å². The van der Waals surface area contributed by atoms with Crippen molar-refractivity contribution in [2.75, 3.05) is 0 Å². The average Bonchev–Trinajstić information content (AvgIpc) is 2.34. The van der Waals surface area contributed by atoms with Crippen LogP contribution < -0.4 is 0 Å². The van der Waals surface area contributed by atoms with Gasteiger partial charge in [0.1, 0.15) is 0 Å². The second-order valence-electron chi connectivity index (χ2n) is 5.45. The summed E-state index contributed by atoms with van der Waals surface area (Å²) < 4.78 is 0. The van der Waals surface area contributed by atoms with Gasteiger partial charge in [-0.15, -0.1) is 0 Å². The summed E-state index contributed by atoms with van der Waals surface area (Å²) in [6.07, 6.45) is 3.29. The number of hydrogen-bond acceptors (Lipinski definition) is 3. The lowest BCUT2D eigenvalue weighted by molar-refractivity contribution is -0.348. The Morgan fingerprint density at radius 1 is 1.23 bits per heavy atom. The molecule has 0 saturated heterocycles. The first-order valence-corrected chi connectivity index (χ1v) is 5.06. The highest BCUT2D eigenvalue weighted by Crippen LogP contribution is 2.66. The van der Waals surface area contributed by atoms with Crippen LogP contribution >= 0.6 is 0 Å². The normalized spacial score (nSPS) is 47.5. The van der Waals surface area contributed by atoms with Gasteiger partial charge in [0, 0.05) is 0 Å². The van der Waals surface area contributed by atoms with E-state index in [9.17, 15) is 0 Å². The van der Waals surface area contributed by atoms with Gasteiger partial charge in [0.05, 0.1) is 6.04 Å². The molecule has 0 radical (unpaired) electrons. The Labute approximate surface area is 79.3 Å². The molecule has 0 spiro atoms. The molecule has 2 aliphatic carbocycles. The van der Waals surface area contributed by atoms with E-state index in [-0.39, 0.29) is 16.9 Å². The minimum absolute atomic E-state index is 0.0683. The Morgan fingerprint density at radius 2 is 1.85 bits per heavy atom. The third-order valence-electron chi connectivity index (χ3n) is 5.03. The zero-order chi connectivity index (χ0) is 9.85. The Morgan fingerprint density at radius 3 is 2.08 bits per heavy atom. The monoisotopic (exact) mass is 185 g/mol. The van der Waals surface area contributed by atoms with Crippen molar-refractivity contribution < 1.29 is 10.4 Å². The summed E-state index contributed by atoms with van der Waals surface area (Å²) in [6.45, 7) is 6.70. The Hall–Kier alpha value is -0.120. The molecule has 2 bridgehead atoms. The molecule has 3 unspecified atom stereocenters. The van der Waals surface area contributed by atoms with Gasteiger partial charge >= 0.3 is 0 Å². The molecule has 0 aromatic rings. The molecule has 2 aliphatic rings. The van der Waals surface area contributed by atoms with Crippen molar-refractivity contribution in [3.63, 3.8) is 0 Å². The highest BCUT2D eigenvalue weighted by atomic mass is 16.8. The maximum absolute atomic E-state index is 9.16. The summed E-state index contributed by atoms with van der Waals surface area (Å²) in [6, 6.07) is -0.0683. The van der Waals surface area contributed by atoms with Crippen molar-refractivity contribution in [3.8, 4) is 0 Å². The molecule has 13 heavy (non-hydrogen) atoms. The highest BCUT2D eigenvalue weighted by Gasteiger charge is 2.62. The lowest BCUT2D eigenvalue weighted by Crippen LogP contribution is -2.44. The third kappa shape index (κ3) is 0.953. The first kappa shape index (κ1) is 9.44. The van der Waals surface area contributed by atoms with Crippen LogP contribution in [0.15, 0.2) is 0 Å². The van der Waals surface area contributed by atoms with Crippen molar-refractivity contribution in [1.29, 1.82) is 0 Å². The van der Waals surface area contributed by atoms with Gasteiger partial charge in [0.15, 0.2) is 0 Å². The molecule has 2 saturated carbocycles. The molecule has 0 heterocycles. The van der Waals surface area contributed by atoms with Gasteiger partial charge in [-0.3, -0.25) is 10.4 Å². The molecule has 0 aromatic heterocycles. The van der Waals surface area contributed by atoms with E-state index < -0.39 is 0 Å². The van der Waals surface area contributed by atoms with Crippen molar-refractivity contribution in [3.05, 3.63) is 0 Å². The predicted octanol–water partition coefficient (Wildman–Crippen LogP) is 2.28. The SMILES string of the molecule is CC1(C)C2CCC1(C)C(N(O)O)C2. The molecule has 0 amide bonds. The van der Waals surface area contributed by atoms with Crippen LogP contribution in [0.4, 0.5) is 0 Å². The van der Waals surface area contributed by atoms with Crippen LogP contribution in [0.5, 0.6) is 0 Å². The molecule has 2 rings (SSSR count).